The second-order valence-corrected chi connectivity index (χ2v) is 8.42. The van der Waals surface area contributed by atoms with Crippen LogP contribution in [0.25, 0.3) is 21.5 Å². The SMILES string of the molecule is COc1cc(C(=O)c2csc(-c3ccc4[nH]ccc4c3)n2)cc(OC(N)(N)N)c1OC(N)(N)N. The summed E-state index contributed by atoms with van der Waals surface area (Å²) in [5.41, 5.74) is 35.6. The van der Waals surface area contributed by atoms with E-state index in [1.807, 2.05) is 30.5 Å². The molecule has 0 aliphatic heterocycles. The lowest BCUT2D eigenvalue weighted by atomic mass is 10.1. The molecule has 34 heavy (non-hydrogen) atoms. The van der Waals surface area contributed by atoms with Crippen LogP contribution in [-0.2, 0) is 0 Å². The molecule has 2 heterocycles. The Labute approximate surface area is 197 Å². The molecule has 13 heteroatoms. The quantitative estimate of drug-likeness (QED) is 0.132. The minimum atomic E-state index is -2.12. The Morgan fingerprint density at radius 1 is 0.971 bits per heavy atom. The monoisotopic (exact) mass is 484 g/mol. The topological polar surface area (TPSA) is 230 Å². The predicted molar refractivity (Wildman–Crippen MR) is 128 cm³/mol. The predicted octanol–water partition coefficient (Wildman–Crippen LogP) is 0.263. The van der Waals surface area contributed by atoms with Crippen molar-refractivity contribution in [2.24, 2.45) is 34.4 Å². The summed E-state index contributed by atoms with van der Waals surface area (Å²) in [4.78, 5) is 20.9. The fourth-order valence-corrected chi connectivity index (χ4v) is 4.04. The van der Waals surface area contributed by atoms with Gasteiger partial charge in [-0.2, -0.15) is 0 Å². The summed E-state index contributed by atoms with van der Waals surface area (Å²) in [6, 6.07) is 10.5. The number of nitrogens with zero attached hydrogens (tertiary/aromatic N) is 1. The third kappa shape index (κ3) is 5.16. The summed E-state index contributed by atoms with van der Waals surface area (Å²) in [5.74, 6) is -4.90. The van der Waals surface area contributed by atoms with Crippen LogP contribution in [0.4, 0.5) is 0 Å². The molecule has 4 rings (SSSR count). The highest BCUT2D eigenvalue weighted by Gasteiger charge is 2.28. The summed E-state index contributed by atoms with van der Waals surface area (Å²) in [5, 5.41) is 3.37. The number of nitrogens with two attached hydrogens (primary N) is 6. The number of carbonyl (C=O) groups is 1. The van der Waals surface area contributed by atoms with Gasteiger partial charge in [-0.15, -0.1) is 11.3 Å². The van der Waals surface area contributed by atoms with Crippen molar-refractivity contribution in [3.05, 3.63) is 59.2 Å². The largest absolute Gasteiger partial charge is 0.493 e. The molecule has 0 radical (unpaired) electrons. The van der Waals surface area contributed by atoms with Gasteiger partial charge in [0, 0.05) is 33.6 Å². The molecule has 4 aromatic rings. The molecule has 2 aromatic heterocycles. The van der Waals surface area contributed by atoms with E-state index in [-0.39, 0.29) is 28.5 Å². The van der Waals surface area contributed by atoms with E-state index < -0.39 is 17.7 Å². The number of aromatic amines is 1. The molecular formula is C21H24N8O4S. The van der Waals surface area contributed by atoms with Gasteiger partial charge >= 0.3 is 0 Å². The van der Waals surface area contributed by atoms with E-state index in [0.717, 1.165) is 16.5 Å². The molecule has 12 nitrogen and oxygen atoms in total. The van der Waals surface area contributed by atoms with Crippen LogP contribution in [-0.4, -0.2) is 34.8 Å². The van der Waals surface area contributed by atoms with E-state index in [9.17, 15) is 4.79 Å². The number of nitrogens with one attached hydrogen (secondary N) is 1. The van der Waals surface area contributed by atoms with Gasteiger partial charge in [0.05, 0.1) is 7.11 Å². The molecular weight excluding hydrogens is 460 g/mol. The summed E-state index contributed by atoms with van der Waals surface area (Å²) in [6.07, 6.45) is 1.86. The molecule has 13 N–H and O–H groups in total. The zero-order valence-electron chi connectivity index (χ0n) is 18.1. The average Bonchev–Trinajstić information content (AvgIpc) is 3.41. The number of fused-ring (bicyclic) bond motifs is 1. The van der Waals surface area contributed by atoms with Gasteiger partial charge in [0.2, 0.25) is 11.5 Å². The van der Waals surface area contributed by atoms with Crippen LogP contribution in [0.1, 0.15) is 16.1 Å². The van der Waals surface area contributed by atoms with E-state index >= 15 is 0 Å². The number of ketones is 1. The maximum atomic E-state index is 13.3. The van der Waals surface area contributed by atoms with E-state index in [2.05, 4.69) is 9.97 Å². The number of ether oxygens (including phenoxy) is 3. The lowest BCUT2D eigenvalue weighted by Gasteiger charge is -2.27. The lowest BCUT2D eigenvalue weighted by Crippen LogP contribution is -2.64. The zero-order valence-corrected chi connectivity index (χ0v) is 18.9. The average molecular weight is 485 g/mol. The van der Waals surface area contributed by atoms with E-state index in [0.29, 0.717) is 5.01 Å². The molecule has 178 valence electrons. The Morgan fingerprint density at radius 2 is 1.68 bits per heavy atom. The maximum Gasteiger partial charge on any atom is 0.271 e. The molecule has 0 amide bonds. The zero-order chi connectivity index (χ0) is 24.7. The third-order valence-electron chi connectivity index (χ3n) is 4.61. The number of methoxy groups -OCH3 is 1. The Hall–Kier alpha value is -3.56. The number of hydrogen-bond donors (Lipinski definition) is 7. The first kappa shape index (κ1) is 23.6. The Morgan fingerprint density at radius 3 is 2.35 bits per heavy atom. The van der Waals surface area contributed by atoms with Crippen LogP contribution < -0.4 is 48.6 Å². The molecule has 2 aromatic carbocycles. The summed E-state index contributed by atoms with van der Waals surface area (Å²) in [6.45, 7) is 0. The first-order valence-corrected chi connectivity index (χ1v) is 10.7. The van der Waals surface area contributed by atoms with Gasteiger partial charge in [-0.1, -0.05) is 0 Å². The molecule has 0 atom stereocenters. The second-order valence-electron chi connectivity index (χ2n) is 7.56. The fourth-order valence-electron chi connectivity index (χ4n) is 3.25. The summed E-state index contributed by atoms with van der Waals surface area (Å²) in [7, 11) is 1.34. The van der Waals surface area contributed by atoms with Crippen molar-refractivity contribution in [1.82, 2.24) is 9.97 Å². The lowest BCUT2D eigenvalue weighted by molar-refractivity contribution is 0.0557. The Balaban J connectivity index is 1.72. The van der Waals surface area contributed by atoms with Crippen LogP contribution in [0.3, 0.4) is 0 Å². The van der Waals surface area contributed by atoms with Gasteiger partial charge < -0.3 is 19.2 Å². The fraction of sp³-hybridized carbons (Fsp3) is 0.143. The molecule has 0 saturated carbocycles. The van der Waals surface area contributed by atoms with Crippen LogP contribution in [0, 0.1) is 0 Å². The molecule has 0 saturated heterocycles. The van der Waals surface area contributed by atoms with Crippen molar-refractivity contribution in [1.29, 1.82) is 0 Å². The van der Waals surface area contributed by atoms with E-state index in [1.54, 1.807) is 5.38 Å². The van der Waals surface area contributed by atoms with Gasteiger partial charge in [-0.3, -0.25) is 39.2 Å². The minimum Gasteiger partial charge on any atom is -0.493 e. The van der Waals surface area contributed by atoms with Gasteiger partial charge in [-0.25, -0.2) is 4.98 Å². The normalized spacial score (nSPS) is 12.1. The van der Waals surface area contributed by atoms with Crippen molar-refractivity contribution < 1.29 is 19.0 Å². The van der Waals surface area contributed by atoms with E-state index in [1.165, 1.54) is 30.6 Å². The van der Waals surface area contributed by atoms with Crippen LogP contribution in [0.2, 0.25) is 0 Å². The number of aromatic nitrogens is 2. The summed E-state index contributed by atoms with van der Waals surface area (Å²) >= 11 is 1.33. The highest BCUT2D eigenvalue weighted by Crippen LogP contribution is 2.40. The van der Waals surface area contributed by atoms with Crippen LogP contribution >= 0.6 is 11.3 Å². The minimum absolute atomic E-state index is 0.0317. The summed E-state index contributed by atoms with van der Waals surface area (Å²) < 4.78 is 16.0. The standard InChI is InChI=1S/C21H24N8O4S/c1-31-15-7-12(8-16(32-20(22,23)24)18(15)33-21(25,26)27)17(30)14-9-34-19(29-14)11-2-3-13-10(6-11)4-5-28-13/h2-9,28H,22-27H2,1H3. The maximum absolute atomic E-state index is 13.3. The van der Waals surface area contributed by atoms with Gasteiger partial charge in [0.25, 0.3) is 11.9 Å². The van der Waals surface area contributed by atoms with Gasteiger partial charge in [-0.05, 0) is 36.4 Å². The van der Waals surface area contributed by atoms with Crippen molar-refractivity contribution in [2.45, 2.75) is 11.9 Å². The Bertz CT molecular complexity index is 1350. The molecule has 0 aliphatic carbocycles. The number of thiazole rings is 1. The van der Waals surface area contributed by atoms with Gasteiger partial charge in [0.1, 0.15) is 10.7 Å². The number of rotatable bonds is 8. The second kappa shape index (κ2) is 8.66. The number of H-pyrrole nitrogens is 1. The van der Waals surface area contributed by atoms with Crippen LogP contribution in [0.5, 0.6) is 17.2 Å². The first-order valence-electron chi connectivity index (χ1n) is 9.84. The molecule has 0 bridgehead atoms. The van der Waals surface area contributed by atoms with Crippen molar-refractivity contribution in [3.8, 4) is 27.8 Å². The van der Waals surface area contributed by atoms with Crippen molar-refractivity contribution in [2.75, 3.05) is 7.11 Å². The number of carbonyl (C=O) groups excluding carboxylic acids is 1. The third-order valence-corrected chi connectivity index (χ3v) is 5.50. The van der Waals surface area contributed by atoms with Crippen LogP contribution in [0.15, 0.2) is 48.0 Å². The van der Waals surface area contributed by atoms with Gasteiger partial charge in [0.15, 0.2) is 11.5 Å². The number of hydrogen-bond acceptors (Lipinski definition) is 12. The molecule has 0 spiro atoms. The highest BCUT2D eigenvalue weighted by molar-refractivity contribution is 7.13. The Kier molecular flexibility index (Phi) is 6.01. The van der Waals surface area contributed by atoms with E-state index in [4.69, 9.17) is 48.6 Å². The smallest absolute Gasteiger partial charge is 0.271 e. The number of benzene rings is 2. The first-order chi connectivity index (χ1) is 15.9. The van der Waals surface area contributed by atoms with Crippen molar-refractivity contribution >= 4 is 28.0 Å². The highest BCUT2D eigenvalue weighted by atomic mass is 32.1. The molecule has 0 fully saturated rings. The molecule has 0 aliphatic rings. The van der Waals surface area contributed by atoms with Crippen molar-refractivity contribution in [3.63, 3.8) is 0 Å². The molecule has 0 unspecified atom stereocenters.